The van der Waals surface area contributed by atoms with Crippen LogP contribution < -0.4 is 5.32 Å². The van der Waals surface area contributed by atoms with Gasteiger partial charge in [0.25, 0.3) is 0 Å². The number of hydrogen-bond donors (Lipinski definition) is 1. The van der Waals surface area contributed by atoms with E-state index in [9.17, 15) is 0 Å². The van der Waals surface area contributed by atoms with E-state index in [0.717, 1.165) is 25.7 Å². The Balaban J connectivity index is 2.03. The van der Waals surface area contributed by atoms with E-state index in [1.807, 2.05) is 0 Å². The Morgan fingerprint density at radius 3 is 2.58 bits per heavy atom. The standard InChI is InChI=1S/C16H34N2O/c1-14(2)8-12-19-13-9-17-16-6-5-10-18(11-7-16)15(3)4/h14-17H,5-13H2,1-4H3. The molecule has 0 saturated carbocycles. The van der Waals surface area contributed by atoms with E-state index in [0.29, 0.717) is 12.1 Å². The lowest BCUT2D eigenvalue weighted by Crippen LogP contribution is -2.35. The van der Waals surface area contributed by atoms with Crippen molar-refractivity contribution in [2.24, 2.45) is 5.92 Å². The quantitative estimate of drug-likeness (QED) is 0.686. The summed E-state index contributed by atoms with van der Waals surface area (Å²) in [6.07, 6.45) is 5.09. The summed E-state index contributed by atoms with van der Waals surface area (Å²) in [6, 6.07) is 1.38. The normalized spacial score (nSPS) is 22.1. The minimum atomic E-state index is 0.692. The first kappa shape index (κ1) is 16.9. The Labute approximate surface area is 120 Å². The van der Waals surface area contributed by atoms with Crippen molar-refractivity contribution in [1.29, 1.82) is 0 Å². The second-order valence-corrected chi connectivity index (χ2v) is 6.51. The molecular formula is C16H34N2O. The molecule has 1 fully saturated rings. The van der Waals surface area contributed by atoms with Gasteiger partial charge in [-0.05, 0) is 58.5 Å². The summed E-state index contributed by atoms with van der Waals surface area (Å²) in [6.45, 7) is 14.4. The van der Waals surface area contributed by atoms with Gasteiger partial charge in [-0.25, -0.2) is 0 Å². The van der Waals surface area contributed by atoms with Crippen LogP contribution in [0.1, 0.15) is 53.4 Å². The lowest BCUT2D eigenvalue weighted by molar-refractivity contribution is 0.122. The zero-order chi connectivity index (χ0) is 14.1. The van der Waals surface area contributed by atoms with E-state index in [1.165, 1.54) is 38.8 Å². The van der Waals surface area contributed by atoms with Gasteiger partial charge in [-0.2, -0.15) is 0 Å². The van der Waals surface area contributed by atoms with Crippen LogP contribution in [0.25, 0.3) is 0 Å². The van der Waals surface area contributed by atoms with Gasteiger partial charge in [-0.1, -0.05) is 13.8 Å². The highest BCUT2D eigenvalue weighted by molar-refractivity contribution is 4.76. The van der Waals surface area contributed by atoms with Gasteiger partial charge in [0.1, 0.15) is 0 Å². The van der Waals surface area contributed by atoms with Crippen molar-refractivity contribution in [2.75, 3.05) is 32.8 Å². The van der Waals surface area contributed by atoms with E-state index in [4.69, 9.17) is 4.74 Å². The number of nitrogens with one attached hydrogen (secondary N) is 1. The summed E-state index contributed by atoms with van der Waals surface area (Å²) in [5, 5.41) is 3.66. The van der Waals surface area contributed by atoms with E-state index in [2.05, 4.69) is 37.9 Å². The van der Waals surface area contributed by atoms with Gasteiger partial charge in [0, 0.05) is 25.2 Å². The number of likely N-dealkylation sites (tertiary alicyclic amines) is 1. The fourth-order valence-corrected chi connectivity index (χ4v) is 2.60. The van der Waals surface area contributed by atoms with Crippen LogP contribution in [0.15, 0.2) is 0 Å². The predicted octanol–water partition coefficient (Wildman–Crippen LogP) is 2.90. The SMILES string of the molecule is CC(C)CCOCCNC1CCCN(C(C)C)CC1. The maximum absolute atomic E-state index is 5.65. The lowest BCUT2D eigenvalue weighted by atomic mass is 10.1. The van der Waals surface area contributed by atoms with Crippen LogP contribution in [0.4, 0.5) is 0 Å². The highest BCUT2D eigenvalue weighted by Gasteiger charge is 2.17. The molecular weight excluding hydrogens is 236 g/mol. The van der Waals surface area contributed by atoms with Crippen LogP contribution in [0, 0.1) is 5.92 Å². The van der Waals surface area contributed by atoms with E-state index < -0.39 is 0 Å². The molecule has 0 aliphatic carbocycles. The van der Waals surface area contributed by atoms with Gasteiger partial charge < -0.3 is 15.0 Å². The number of hydrogen-bond acceptors (Lipinski definition) is 3. The Kier molecular flexibility index (Phi) is 8.67. The Morgan fingerprint density at radius 2 is 1.89 bits per heavy atom. The molecule has 0 aromatic heterocycles. The summed E-state index contributed by atoms with van der Waals surface area (Å²) in [5.41, 5.74) is 0. The molecule has 114 valence electrons. The van der Waals surface area contributed by atoms with Gasteiger partial charge in [0.05, 0.1) is 6.61 Å². The van der Waals surface area contributed by atoms with Crippen molar-refractivity contribution in [1.82, 2.24) is 10.2 Å². The third-order valence-corrected chi connectivity index (χ3v) is 4.01. The lowest BCUT2D eigenvalue weighted by Gasteiger charge is -2.24. The number of ether oxygens (including phenoxy) is 1. The molecule has 3 nitrogen and oxygen atoms in total. The smallest absolute Gasteiger partial charge is 0.0591 e. The predicted molar refractivity (Wildman–Crippen MR) is 82.6 cm³/mol. The van der Waals surface area contributed by atoms with Crippen molar-refractivity contribution in [3.8, 4) is 0 Å². The number of nitrogens with zero attached hydrogens (tertiary/aromatic N) is 1. The van der Waals surface area contributed by atoms with E-state index >= 15 is 0 Å². The zero-order valence-corrected chi connectivity index (χ0v) is 13.5. The maximum Gasteiger partial charge on any atom is 0.0591 e. The van der Waals surface area contributed by atoms with Crippen LogP contribution >= 0.6 is 0 Å². The molecule has 1 rings (SSSR count). The second kappa shape index (κ2) is 9.73. The fourth-order valence-electron chi connectivity index (χ4n) is 2.60. The summed E-state index contributed by atoms with van der Waals surface area (Å²) in [7, 11) is 0. The minimum Gasteiger partial charge on any atom is -0.380 e. The summed E-state index contributed by atoms with van der Waals surface area (Å²) < 4.78 is 5.65. The average molecular weight is 270 g/mol. The molecule has 1 N–H and O–H groups in total. The van der Waals surface area contributed by atoms with Crippen molar-refractivity contribution in [3.05, 3.63) is 0 Å². The molecule has 1 heterocycles. The summed E-state index contributed by atoms with van der Waals surface area (Å²) in [5.74, 6) is 0.747. The Morgan fingerprint density at radius 1 is 1.11 bits per heavy atom. The van der Waals surface area contributed by atoms with Crippen LogP contribution in [-0.4, -0.2) is 49.8 Å². The highest BCUT2D eigenvalue weighted by Crippen LogP contribution is 2.13. The largest absolute Gasteiger partial charge is 0.380 e. The molecule has 1 aliphatic rings. The molecule has 3 heteroatoms. The van der Waals surface area contributed by atoms with Crippen molar-refractivity contribution >= 4 is 0 Å². The molecule has 1 unspecified atom stereocenters. The molecule has 1 saturated heterocycles. The van der Waals surface area contributed by atoms with E-state index in [1.54, 1.807) is 0 Å². The second-order valence-electron chi connectivity index (χ2n) is 6.51. The first-order valence-electron chi connectivity index (χ1n) is 8.14. The van der Waals surface area contributed by atoms with Crippen molar-refractivity contribution in [2.45, 2.75) is 65.5 Å². The fraction of sp³-hybridized carbons (Fsp3) is 1.00. The average Bonchev–Trinajstić information content (AvgIpc) is 2.58. The topological polar surface area (TPSA) is 24.5 Å². The molecule has 0 radical (unpaired) electrons. The highest BCUT2D eigenvalue weighted by atomic mass is 16.5. The van der Waals surface area contributed by atoms with Crippen molar-refractivity contribution < 1.29 is 4.74 Å². The maximum atomic E-state index is 5.65. The first-order valence-corrected chi connectivity index (χ1v) is 8.14. The molecule has 0 aromatic rings. The van der Waals surface area contributed by atoms with Gasteiger partial charge in [0.2, 0.25) is 0 Å². The van der Waals surface area contributed by atoms with Crippen LogP contribution in [0.2, 0.25) is 0 Å². The first-order chi connectivity index (χ1) is 9.09. The molecule has 0 aromatic carbocycles. The third kappa shape index (κ3) is 7.91. The van der Waals surface area contributed by atoms with Crippen molar-refractivity contribution in [3.63, 3.8) is 0 Å². The minimum absolute atomic E-state index is 0.692. The van der Waals surface area contributed by atoms with Crippen LogP contribution in [0.3, 0.4) is 0 Å². The molecule has 0 amide bonds. The molecule has 1 atom stereocenters. The molecule has 0 spiro atoms. The molecule has 0 bridgehead atoms. The van der Waals surface area contributed by atoms with Gasteiger partial charge >= 0.3 is 0 Å². The molecule has 19 heavy (non-hydrogen) atoms. The van der Waals surface area contributed by atoms with E-state index in [-0.39, 0.29) is 0 Å². The third-order valence-electron chi connectivity index (χ3n) is 4.01. The zero-order valence-electron chi connectivity index (χ0n) is 13.5. The van der Waals surface area contributed by atoms with Gasteiger partial charge in [0.15, 0.2) is 0 Å². The number of rotatable bonds is 8. The Hall–Kier alpha value is -0.120. The monoisotopic (exact) mass is 270 g/mol. The van der Waals surface area contributed by atoms with Gasteiger partial charge in [-0.15, -0.1) is 0 Å². The Bertz CT molecular complexity index is 219. The van der Waals surface area contributed by atoms with Crippen LogP contribution in [-0.2, 0) is 4.74 Å². The van der Waals surface area contributed by atoms with Gasteiger partial charge in [-0.3, -0.25) is 0 Å². The summed E-state index contributed by atoms with van der Waals surface area (Å²) >= 11 is 0. The van der Waals surface area contributed by atoms with Crippen LogP contribution in [0.5, 0.6) is 0 Å². The summed E-state index contributed by atoms with van der Waals surface area (Å²) in [4.78, 5) is 2.60. The molecule has 1 aliphatic heterocycles.